The second-order valence-electron chi connectivity index (χ2n) is 6.48. The number of Topliss-reactive ketones (excluding diaryl/α,β-unsaturated/α-hetero) is 1. The van der Waals surface area contributed by atoms with Crippen LogP contribution in [0.1, 0.15) is 30.1 Å². The molecule has 12 heteroatoms. The molecule has 1 aromatic carbocycles. The summed E-state index contributed by atoms with van der Waals surface area (Å²) in [5, 5.41) is 2.04. The molecule has 1 atom stereocenters. The van der Waals surface area contributed by atoms with Crippen LogP contribution in [-0.2, 0) is 9.59 Å². The summed E-state index contributed by atoms with van der Waals surface area (Å²) in [5.41, 5.74) is 5.10. The van der Waals surface area contributed by atoms with Crippen LogP contribution in [0.3, 0.4) is 0 Å². The maximum atomic E-state index is 12.2. The van der Waals surface area contributed by atoms with Crippen molar-refractivity contribution in [1.29, 1.82) is 0 Å². The highest BCUT2D eigenvalue weighted by molar-refractivity contribution is 8.18. The molecule has 31 heavy (non-hydrogen) atoms. The third kappa shape index (κ3) is 5.94. The number of H-pyrrole nitrogens is 2. The molecule has 1 aliphatic heterocycles. The molecule has 1 saturated heterocycles. The third-order valence-corrected chi connectivity index (χ3v) is 5.29. The van der Waals surface area contributed by atoms with Crippen LogP contribution in [0.25, 0.3) is 6.08 Å². The van der Waals surface area contributed by atoms with Gasteiger partial charge in [0.25, 0.3) is 16.7 Å². The Morgan fingerprint density at radius 2 is 1.97 bits per heavy atom. The summed E-state index contributed by atoms with van der Waals surface area (Å²) in [6.07, 6.45) is 1.94. The van der Waals surface area contributed by atoms with Gasteiger partial charge in [0.2, 0.25) is 0 Å². The molecule has 0 radical (unpaired) electrons. The van der Waals surface area contributed by atoms with Gasteiger partial charge in [0.15, 0.2) is 5.78 Å². The molecule has 5 N–H and O–H groups in total. The first-order chi connectivity index (χ1) is 14.7. The molecular formula is C19H17ClN4O6S. The molecule has 2 aromatic rings. The molecule has 2 heterocycles. The maximum Gasteiger partial charge on any atom is 0.325 e. The van der Waals surface area contributed by atoms with Crippen LogP contribution >= 0.6 is 23.4 Å². The van der Waals surface area contributed by atoms with Crippen molar-refractivity contribution < 1.29 is 19.1 Å². The maximum absolute atomic E-state index is 12.2. The first-order valence-electron chi connectivity index (χ1n) is 9.02. The Hall–Kier alpha value is -3.15. The normalized spacial score (nSPS) is 15.7. The number of carbonyl (C=O) groups is 3. The monoisotopic (exact) mass is 464 g/mol. The van der Waals surface area contributed by atoms with Gasteiger partial charge in [-0.05, 0) is 42.0 Å². The molecule has 0 bridgehead atoms. The van der Waals surface area contributed by atoms with Crippen LogP contribution in [0.2, 0.25) is 5.02 Å². The summed E-state index contributed by atoms with van der Waals surface area (Å²) in [7, 11) is 0. The number of aromatic amines is 2. The largest absolute Gasteiger partial charge is 0.492 e. The van der Waals surface area contributed by atoms with Gasteiger partial charge >= 0.3 is 5.69 Å². The zero-order chi connectivity index (χ0) is 22.5. The summed E-state index contributed by atoms with van der Waals surface area (Å²) in [5.74, 6) is -0.433. The van der Waals surface area contributed by atoms with E-state index in [1.165, 1.54) is 0 Å². The lowest BCUT2D eigenvalue weighted by Crippen LogP contribution is -2.30. The summed E-state index contributed by atoms with van der Waals surface area (Å²) in [4.78, 5) is 62.2. The summed E-state index contributed by atoms with van der Waals surface area (Å²) in [6, 6.07) is 4.83. The van der Waals surface area contributed by atoms with E-state index >= 15 is 0 Å². The van der Waals surface area contributed by atoms with Crippen molar-refractivity contribution in [3.63, 3.8) is 0 Å². The first-order valence-corrected chi connectivity index (χ1v) is 10.2. The molecular weight excluding hydrogens is 448 g/mol. The van der Waals surface area contributed by atoms with Crippen molar-refractivity contribution in [2.75, 3.05) is 6.61 Å². The molecule has 10 nitrogen and oxygen atoms in total. The van der Waals surface area contributed by atoms with E-state index in [2.05, 4.69) is 10.3 Å². The Bertz CT molecular complexity index is 1160. The number of imide groups is 1. The summed E-state index contributed by atoms with van der Waals surface area (Å²) < 4.78 is 5.58. The number of hydrogen-bond donors (Lipinski definition) is 4. The van der Waals surface area contributed by atoms with Crippen LogP contribution in [0.5, 0.6) is 5.75 Å². The number of nitrogens with two attached hydrogens (primary N) is 1. The van der Waals surface area contributed by atoms with Crippen molar-refractivity contribution in [2.45, 2.75) is 18.9 Å². The fourth-order valence-electron chi connectivity index (χ4n) is 2.71. The van der Waals surface area contributed by atoms with Crippen LogP contribution in [0.4, 0.5) is 4.79 Å². The zero-order valence-electron chi connectivity index (χ0n) is 15.9. The van der Waals surface area contributed by atoms with Crippen molar-refractivity contribution in [1.82, 2.24) is 15.3 Å². The Kier molecular flexibility index (Phi) is 7.10. The minimum atomic E-state index is -1.12. The van der Waals surface area contributed by atoms with Crippen LogP contribution in [-0.4, -0.2) is 33.5 Å². The average molecular weight is 465 g/mol. The van der Waals surface area contributed by atoms with Gasteiger partial charge in [0, 0.05) is 18.2 Å². The van der Waals surface area contributed by atoms with Gasteiger partial charge in [-0.15, -0.1) is 0 Å². The highest BCUT2D eigenvalue weighted by Crippen LogP contribution is 2.30. The summed E-state index contributed by atoms with van der Waals surface area (Å²) >= 11 is 7.01. The molecule has 1 unspecified atom stereocenters. The first kappa shape index (κ1) is 22.5. The van der Waals surface area contributed by atoms with Crippen molar-refractivity contribution >= 4 is 46.4 Å². The van der Waals surface area contributed by atoms with Crippen LogP contribution in [0.15, 0.2) is 38.8 Å². The smallest absolute Gasteiger partial charge is 0.325 e. The Morgan fingerprint density at radius 1 is 1.19 bits per heavy atom. The summed E-state index contributed by atoms with van der Waals surface area (Å²) in [6.45, 7) is 0.178. The number of carbonyl (C=O) groups excluding carboxylic acids is 3. The van der Waals surface area contributed by atoms with E-state index in [-0.39, 0.29) is 29.4 Å². The van der Waals surface area contributed by atoms with Crippen molar-refractivity contribution in [3.8, 4) is 5.75 Å². The molecule has 3 rings (SSSR count). The Morgan fingerprint density at radius 3 is 2.61 bits per heavy atom. The molecule has 162 valence electrons. The quantitative estimate of drug-likeness (QED) is 0.337. The van der Waals surface area contributed by atoms with Crippen molar-refractivity contribution in [3.05, 3.63) is 66.3 Å². The minimum Gasteiger partial charge on any atom is -0.492 e. The van der Waals surface area contributed by atoms with Gasteiger partial charge in [-0.1, -0.05) is 17.7 Å². The number of nitrogens with one attached hydrogen (secondary N) is 3. The van der Waals surface area contributed by atoms with Crippen LogP contribution in [0, 0.1) is 0 Å². The van der Waals surface area contributed by atoms with Gasteiger partial charge in [0.1, 0.15) is 11.8 Å². The van der Waals surface area contributed by atoms with E-state index in [0.29, 0.717) is 22.8 Å². The van der Waals surface area contributed by atoms with Crippen molar-refractivity contribution in [2.24, 2.45) is 5.73 Å². The van der Waals surface area contributed by atoms with Gasteiger partial charge in [-0.2, -0.15) is 0 Å². The molecule has 1 fully saturated rings. The van der Waals surface area contributed by atoms with E-state index < -0.39 is 28.4 Å². The van der Waals surface area contributed by atoms with E-state index in [0.717, 1.165) is 17.8 Å². The highest BCUT2D eigenvalue weighted by atomic mass is 35.5. The van der Waals surface area contributed by atoms with Gasteiger partial charge < -0.3 is 15.5 Å². The number of benzene rings is 1. The predicted octanol–water partition coefficient (Wildman–Crippen LogP) is 1.47. The number of ketones is 1. The molecule has 2 amide bonds. The number of hydrogen-bond acceptors (Lipinski definition) is 8. The molecule has 0 saturated carbocycles. The van der Waals surface area contributed by atoms with Crippen LogP contribution < -0.4 is 27.0 Å². The molecule has 1 aliphatic rings. The van der Waals surface area contributed by atoms with E-state index in [9.17, 15) is 24.0 Å². The van der Waals surface area contributed by atoms with E-state index in [4.69, 9.17) is 22.1 Å². The number of aromatic nitrogens is 2. The lowest BCUT2D eigenvalue weighted by atomic mass is 10.1. The van der Waals surface area contributed by atoms with E-state index in [1.807, 2.05) is 4.98 Å². The number of ether oxygens (including phenoxy) is 1. The predicted molar refractivity (Wildman–Crippen MR) is 115 cm³/mol. The lowest BCUT2D eigenvalue weighted by molar-refractivity contribution is -0.120. The second kappa shape index (κ2) is 9.77. The third-order valence-electron chi connectivity index (χ3n) is 4.18. The highest BCUT2D eigenvalue weighted by Gasteiger charge is 2.25. The Balaban J connectivity index is 1.52. The van der Waals surface area contributed by atoms with Gasteiger partial charge in [-0.25, -0.2) is 4.79 Å². The number of rotatable bonds is 8. The lowest BCUT2D eigenvalue weighted by Gasteiger charge is -2.11. The average Bonchev–Trinajstić information content (AvgIpc) is 3.01. The van der Waals surface area contributed by atoms with E-state index in [1.54, 1.807) is 24.3 Å². The zero-order valence-corrected chi connectivity index (χ0v) is 17.5. The number of amides is 2. The topological polar surface area (TPSA) is 164 Å². The SMILES string of the molecule is NC(C(=O)CCCOc1ccc(C=C2SC(=O)NC2=O)cc1Cl)c1cc(=O)[nH]c(=O)[nH]1. The fourth-order valence-corrected chi connectivity index (χ4v) is 3.63. The number of thioether (sulfide) groups is 1. The molecule has 0 spiro atoms. The van der Waals surface area contributed by atoms with Gasteiger partial charge in [-0.3, -0.25) is 29.5 Å². The number of halogens is 1. The molecule has 1 aromatic heterocycles. The second-order valence-corrected chi connectivity index (χ2v) is 7.90. The standard InChI is InChI=1S/C19H17ClN4O6S/c20-10-6-9(7-14-17(27)24-19(29)31-14)3-4-13(10)30-5-1-2-12(25)16(21)11-8-15(26)23-18(28)22-11/h3-4,6-8,16H,1-2,5,21H2,(H,24,27,29)(H2,22,23,26,28). The fraction of sp³-hybridized carbons (Fsp3) is 0.211. The Labute approximate surface area is 184 Å². The minimum absolute atomic E-state index is 0.0447. The molecule has 0 aliphatic carbocycles. The van der Waals surface area contributed by atoms with Gasteiger partial charge in [0.05, 0.1) is 16.5 Å².